The van der Waals surface area contributed by atoms with Crippen molar-refractivity contribution in [2.45, 2.75) is 76.9 Å². The van der Waals surface area contributed by atoms with Gasteiger partial charge in [-0.15, -0.1) is 0 Å². The van der Waals surface area contributed by atoms with Crippen LogP contribution in [0, 0.1) is 5.92 Å². The van der Waals surface area contributed by atoms with E-state index < -0.39 is 42.0 Å². The molecule has 0 spiro atoms. The lowest BCUT2D eigenvalue weighted by molar-refractivity contribution is -0.154. The molecule has 1 aliphatic rings. The van der Waals surface area contributed by atoms with Gasteiger partial charge in [0, 0.05) is 0 Å². The Bertz CT molecular complexity index is 1030. The summed E-state index contributed by atoms with van der Waals surface area (Å²) in [4.78, 5) is 28.4. The van der Waals surface area contributed by atoms with E-state index in [1.54, 1.807) is 32.9 Å². The molecule has 1 fully saturated rings. The third kappa shape index (κ3) is 5.72. The minimum atomic E-state index is -1.39. The molecule has 3 heterocycles. The molecule has 3 rings (SSSR count). The molecule has 0 aromatic carbocycles. The zero-order valence-electron chi connectivity index (χ0n) is 20.5. The highest BCUT2D eigenvalue weighted by molar-refractivity contribution is 5.88. The highest BCUT2D eigenvalue weighted by atomic mass is 16.6. The number of aliphatic hydroxyl groups is 2. The van der Waals surface area contributed by atoms with E-state index in [1.807, 2.05) is 0 Å². The van der Waals surface area contributed by atoms with Crippen LogP contribution in [-0.2, 0) is 24.6 Å². The standard InChI is InChI=1S/C23H35N5O7/c1-5-6-7-10-33-22(32)27-20-14-8-9-16(28(14)26-12-25-20)23(4)19(30)18(29)15(35-23)11-34-21(31)17(24)13(2)3/h8-9,12-13,15,17-19,29-30H,5-7,10-11,24H2,1-4H3,(H,25,26,27,32)/t15-,17+,18-,19-,23+/m1/s1. The molecule has 1 saturated heterocycles. The number of rotatable bonds is 10. The molecule has 0 unspecified atom stereocenters. The van der Waals surface area contributed by atoms with Gasteiger partial charge >= 0.3 is 12.1 Å². The first-order valence-electron chi connectivity index (χ1n) is 11.8. The zero-order chi connectivity index (χ0) is 25.8. The lowest BCUT2D eigenvalue weighted by Crippen LogP contribution is -2.41. The number of hydrogen-bond acceptors (Lipinski definition) is 10. The summed E-state index contributed by atoms with van der Waals surface area (Å²) in [6.45, 7) is 7.27. The molecule has 0 saturated carbocycles. The lowest BCUT2D eigenvalue weighted by atomic mass is 9.93. The normalized spacial score (nSPS) is 25.1. The summed E-state index contributed by atoms with van der Waals surface area (Å²) in [5.41, 5.74) is 5.26. The Morgan fingerprint density at radius 3 is 2.71 bits per heavy atom. The fourth-order valence-electron chi connectivity index (χ4n) is 3.92. The SMILES string of the molecule is CCCCCOC(=O)Nc1ncnn2c([C@]3(C)O[C@H](COC(=O)[C@@H](N)C(C)C)[C@@H](O)[C@H]3O)ccc12. The summed E-state index contributed by atoms with van der Waals surface area (Å²) in [5.74, 6) is -0.510. The van der Waals surface area contributed by atoms with E-state index >= 15 is 0 Å². The van der Waals surface area contributed by atoms with E-state index in [1.165, 1.54) is 10.8 Å². The van der Waals surface area contributed by atoms with Gasteiger partial charge in [0.25, 0.3) is 0 Å². The van der Waals surface area contributed by atoms with Crippen LogP contribution in [0.3, 0.4) is 0 Å². The van der Waals surface area contributed by atoms with Crippen LogP contribution in [0.15, 0.2) is 18.5 Å². The van der Waals surface area contributed by atoms with Gasteiger partial charge in [-0.1, -0.05) is 33.6 Å². The van der Waals surface area contributed by atoms with E-state index in [-0.39, 0.29) is 18.3 Å². The number of ether oxygens (including phenoxy) is 3. The van der Waals surface area contributed by atoms with Crippen molar-refractivity contribution >= 4 is 23.4 Å². The number of anilines is 1. The average molecular weight is 494 g/mol. The molecule has 194 valence electrons. The predicted octanol–water partition coefficient (Wildman–Crippen LogP) is 1.33. The van der Waals surface area contributed by atoms with Gasteiger partial charge in [-0.05, 0) is 31.4 Å². The molecule has 1 amide bonds. The maximum atomic E-state index is 12.1. The fourth-order valence-corrected chi connectivity index (χ4v) is 3.92. The molecule has 5 atom stereocenters. The lowest BCUT2D eigenvalue weighted by Gasteiger charge is -2.27. The maximum Gasteiger partial charge on any atom is 0.412 e. The summed E-state index contributed by atoms with van der Waals surface area (Å²) >= 11 is 0. The largest absolute Gasteiger partial charge is 0.462 e. The molecule has 0 radical (unpaired) electrons. The summed E-state index contributed by atoms with van der Waals surface area (Å²) in [6.07, 6.45) is -0.300. The van der Waals surface area contributed by atoms with Crippen molar-refractivity contribution < 1.29 is 34.0 Å². The van der Waals surface area contributed by atoms with E-state index in [4.69, 9.17) is 19.9 Å². The summed E-state index contributed by atoms with van der Waals surface area (Å²) in [5, 5.41) is 28.3. The number of aliphatic hydroxyl groups excluding tert-OH is 2. The maximum absolute atomic E-state index is 12.1. The van der Waals surface area contributed by atoms with E-state index in [0.717, 1.165) is 19.3 Å². The number of carbonyl (C=O) groups is 2. The first-order valence-corrected chi connectivity index (χ1v) is 11.8. The van der Waals surface area contributed by atoms with Gasteiger partial charge < -0.3 is 30.2 Å². The van der Waals surface area contributed by atoms with E-state index in [0.29, 0.717) is 17.8 Å². The van der Waals surface area contributed by atoms with Crippen LogP contribution < -0.4 is 11.1 Å². The monoisotopic (exact) mass is 493 g/mol. The second-order valence-corrected chi connectivity index (χ2v) is 9.19. The number of amides is 1. The first kappa shape index (κ1) is 26.8. The molecule has 2 aromatic heterocycles. The van der Waals surface area contributed by atoms with Crippen molar-refractivity contribution in [1.29, 1.82) is 0 Å². The van der Waals surface area contributed by atoms with Crippen molar-refractivity contribution in [3.05, 3.63) is 24.2 Å². The molecule has 5 N–H and O–H groups in total. The van der Waals surface area contributed by atoms with Crippen LogP contribution in [0.4, 0.5) is 10.6 Å². The minimum Gasteiger partial charge on any atom is -0.462 e. The Morgan fingerprint density at radius 1 is 1.29 bits per heavy atom. The molecule has 12 heteroatoms. The number of nitrogens with two attached hydrogens (primary N) is 1. The molecule has 35 heavy (non-hydrogen) atoms. The molecule has 12 nitrogen and oxygen atoms in total. The van der Waals surface area contributed by atoms with Crippen LogP contribution >= 0.6 is 0 Å². The van der Waals surface area contributed by atoms with Gasteiger partial charge in [-0.2, -0.15) is 5.10 Å². The molecular weight excluding hydrogens is 458 g/mol. The Balaban J connectivity index is 1.75. The second kappa shape index (κ2) is 11.3. The number of hydrogen-bond donors (Lipinski definition) is 4. The number of carbonyl (C=O) groups excluding carboxylic acids is 2. The highest BCUT2D eigenvalue weighted by Crippen LogP contribution is 2.40. The summed E-state index contributed by atoms with van der Waals surface area (Å²) in [7, 11) is 0. The Morgan fingerprint density at radius 2 is 2.03 bits per heavy atom. The number of unbranched alkanes of at least 4 members (excludes halogenated alkanes) is 2. The van der Waals surface area contributed by atoms with Gasteiger partial charge in [-0.25, -0.2) is 14.3 Å². The quantitative estimate of drug-likeness (QED) is 0.280. The third-order valence-electron chi connectivity index (χ3n) is 6.21. The average Bonchev–Trinajstić information content (AvgIpc) is 3.36. The smallest absolute Gasteiger partial charge is 0.412 e. The molecular formula is C23H35N5O7. The molecule has 0 aliphatic carbocycles. The van der Waals surface area contributed by atoms with E-state index in [2.05, 4.69) is 22.3 Å². The Labute approximate surface area is 203 Å². The number of esters is 1. The third-order valence-corrected chi connectivity index (χ3v) is 6.21. The number of nitrogens with one attached hydrogen (secondary N) is 1. The zero-order valence-corrected chi connectivity index (χ0v) is 20.5. The van der Waals surface area contributed by atoms with Gasteiger partial charge in [0.1, 0.15) is 48.4 Å². The van der Waals surface area contributed by atoms with Crippen molar-refractivity contribution in [2.24, 2.45) is 11.7 Å². The van der Waals surface area contributed by atoms with Crippen molar-refractivity contribution in [3.8, 4) is 0 Å². The molecule has 1 aliphatic heterocycles. The van der Waals surface area contributed by atoms with Gasteiger partial charge in [-0.3, -0.25) is 10.1 Å². The van der Waals surface area contributed by atoms with Crippen LogP contribution in [0.1, 0.15) is 52.7 Å². The van der Waals surface area contributed by atoms with Gasteiger partial charge in [0.2, 0.25) is 0 Å². The van der Waals surface area contributed by atoms with E-state index in [9.17, 15) is 19.8 Å². The molecule has 2 aromatic rings. The Kier molecular flexibility index (Phi) is 8.65. The topological polar surface area (TPSA) is 171 Å². The van der Waals surface area contributed by atoms with Crippen molar-refractivity contribution in [2.75, 3.05) is 18.5 Å². The summed E-state index contributed by atoms with van der Waals surface area (Å²) in [6, 6.07) is 2.51. The molecule has 0 bridgehead atoms. The second-order valence-electron chi connectivity index (χ2n) is 9.19. The minimum absolute atomic E-state index is 0.115. The van der Waals surface area contributed by atoms with Crippen LogP contribution in [0.5, 0.6) is 0 Å². The van der Waals surface area contributed by atoms with Gasteiger partial charge in [0.15, 0.2) is 5.82 Å². The van der Waals surface area contributed by atoms with Crippen molar-refractivity contribution in [3.63, 3.8) is 0 Å². The summed E-state index contributed by atoms with van der Waals surface area (Å²) < 4.78 is 17.9. The number of nitrogens with zero attached hydrogens (tertiary/aromatic N) is 3. The van der Waals surface area contributed by atoms with Crippen LogP contribution in [0.25, 0.3) is 5.52 Å². The first-order chi connectivity index (χ1) is 16.6. The van der Waals surface area contributed by atoms with Crippen molar-refractivity contribution in [1.82, 2.24) is 14.6 Å². The number of aromatic nitrogens is 3. The van der Waals surface area contributed by atoms with Crippen LogP contribution in [-0.4, -0.2) is 74.4 Å². The predicted molar refractivity (Wildman–Crippen MR) is 125 cm³/mol. The number of fused-ring (bicyclic) bond motifs is 1. The van der Waals surface area contributed by atoms with Gasteiger partial charge in [0.05, 0.1) is 12.3 Å². The van der Waals surface area contributed by atoms with Crippen LogP contribution in [0.2, 0.25) is 0 Å². The highest BCUT2D eigenvalue weighted by Gasteiger charge is 2.54. The Hall–Kier alpha value is -2.80. The fraction of sp³-hybridized carbons (Fsp3) is 0.652.